The molecule has 1 N–H and O–H groups in total. The Hall–Kier alpha value is -5.99. The number of benzene rings is 4. The Morgan fingerprint density at radius 2 is 1.66 bits per heavy atom. The Balaban J connectivity index is 1.09. The summed E-state index contributed by atoms with van der Waals surface area (Å²) in [7, 11) is 2.13. The standard InChI is InChI=1S/C47H44ClFN6O5S/c1-29-8-4-6-10-35(29)44-50-19-18-34(53-44)27-59-37-11-7-5-9-32(37)26-39(47(56)57)60-45-41-40(43(61-46(41)52-28-51-45)31-12-14-33(49)15-13-31)36-16-17-38(42(48)30(36)2)58-25-24-55-22-20-54(3)21-23-55/h4-19,28,39H,20-27H2,1-3H3,(H,56,57)/t39-/m1/s1. The van der Waals surface area contributed by atoms with Gasteiger partial charge in [0.15, 0.2) is 5.82 Å². The molecular formula is C47H44ClFN6O5S. The number of aromatic nitrogens is 4. The van der Waals surface area contributed by atoms with E-state index in [9.17, 15) is 14.3 Å². The van der Waals surface area contributed by atoms with Crippen molar-refractivity contribution in [2.45, 2.75) is 33.0 Å². The molecule has 14 heteroatoms. The van der Waals surface area contributed by atoms with Crippen molar-refractivity contribution >= 4 is 39.1 Å². The number of fused-ring (bicyclic) bond motifs is 1. The van der Waals surface area contributed by atoms with E-state index >= 15 is 0 Å². The van der Waals surface area contributed by atoms with E-state index in [1.807, 2.05) is 68.4 Å². The minimum atomic E-state index is -1.36. The molecule has 1 atom stereocenters. The first kappa shape index (κ1) is 41.7. The lowest BCUT2D eigenvalue weighted by Crippen LogP contribution is -2.45. The van der Waals surface area contributed by atoms with Crippen LogP contribution in [0.25, 0.3) is 43.2 Å². The van der Waals surface area contributed by atoms with Crippen molar-refractivity contribution in [1.82, 2.24) is 29.7 Å². The van der Waals surface area contributed by atoms with E-state index in [2.05, 4.69) is 31.8 Å². The maximum atomic E-state index is 14.2. The normalized spacial score (nSPS) is 13.9. The number of rotatable bonds is 15. The average molecular weight is 859 g/mol. The minimum Gasteiger partial charge on any atom is -0.491 e. The van der Waals surface area contributed by atoms with Crippen LogP contribution in [0.4, 0.5) is 4.39 Å². The summed E-state index contributed by atoms with van der Waals surface area (Å²) in [5.41, 5.74) is 6.20. The second kappa shape index (κ2) is 18.7. The van der Waals surface area contributed by atoms with Gasteiger partial charge in [0.25, 0.3) is 0 Å². The topological polar surface area (TPSA) is 123 Å². The highest BCUT2D eigenvalue weighted by Gasteiger charge is 2.28. The molecule has 0 bridgehead atoms. The third kappa shape index (κ3) is 9.50. The number of carboxylic acids is 1. The molecule has 7 aromatic rings. The number of hydrogen-bond acceptors (Lipinski definition) is 11. The van der Waals surface area contributed by atoms with Gasteiger partial charge in [-0.05, 0) is 79.0 Å². The molecule has 0 spiro atoms. The van der Waals surface area contributed by atoms with Gasteiger partial charge < -0.3 is 24.2 Å². The zero-order valence-electron chi connectivity index (χ0n) is 34.0. The first-order valence-corrected chi connectivity index (χ1v) is 21.2. The maximum absolute atomic E-state index is 14.2. The monoisotopic (exact) mass is 858 g/mol. The van der Waals surface area contributed by atoms with Crippen molar-refractivity contribution in [2.24, 2.45) is 0 Å². The molecule has 0 saturated carbocycles. The molecule has 3 aromatic heterocycles. The number of likely N-dealkylation sites (N-methyl/N-ethyl adjacent to an activating group) is 1. The van der Waals surface area contributed by atoms with E-state index in [-0.39, 0.29) is 24.7 Å². The van der Waals surface area contributed by atoms with Crippen LogP contribution >= 0.6 is 22.9 Å². The van der Waals surface area contributed by atoms with Crippen molar-refractivity contribution in [3.63, 3.8) is 0 Å². The van der Waals surface area contributed by atoms with Crippen LogP contribution in [-0.4, -0.2) is 93.3 Å². The van der Waals surface area contributed by atoms with Crippen LogP contribution in [0.5, 0.6) is 17.4 Å². The fourth-order valence-electron chi connectivity index (χ4n) is 7.37. The van der Waals surface area contributed by atoms with E-state index in [1.165, 1.54) is 29.8 Å². The summed E-state index contributed by atoms with van der Waals surface area (Å²) in [5, 5.41) is 11.6. The molecule has 0 amide bonds. The summed E-state index contributed by atoms with van der Waals surface area (Å²) in [4.78, 5) is 37.3. The van der Waals surface area contributed by atoms with E-state index in [0.29, 0.717) is 56.0 Å². The Bertz CT molecular complexity index is 2670. The van der Waals surface area contributed by atoms with Crippen LogP contribution in [0.15, 0.2) is 104 Å². The van der Waals surface area contributed by atoms with Gasteiger partial charge >= 0.3 is 5.97 Å². The predicted molar refractivity (Wildman–Crippen MR) is 236 cm³/mol. The number of piperazine rings is 1. The van der Waals surface area contributed by atoms with Gasteiger partial charge in [-0.3, -0.25) is 4.90 Å². The van der Waals surface area contributed by atoms with Crippen LogP contribution in [0.1, 0.15) is 22.4 Å². The number of carboxylic acid groups (broad SMARTS) is 1. The van der Waals surface area contributed by atoms with Gasteiger partial charge in [0, 0.05) is 61.3 Å². The fraction of sp³-hybridized carbons (Fsp3) is 0.255. The third-order valence-corrected chi connectivity index (χ3v) is 12.4. The lowest BCUT2D eigenvalue weighted by molar-refractivity contribution is -0.145. The quantitative estimate of drug-likeness (QED) is 0.106. The number of aryl methyl sites for hydroxylation is 1. The largest absolute Gasteiger partial charge is 0.491 e. The molecule has 11 nitrogen and oxygen atoms in total. The molecule has 0 unspecified atom stereocenters. The lowest BCUT2D eigenvalue weighted by Gasteiger charge is -2.32. The molecule has 4 aromatic carbocycles. The molecule has 0 aliphatic carbocycles. The first-order valence-electron chi connectivity index (χ1n) is 20.0. The zero-order chi connectivity index (χ0) is 42.5. The maximum Gasteiger partial charge on any atom is 0.345 e. The van der Waals surface area contributed by atoms with Crippen LogP contribution in [-0.2, 0) is 17.8 Å². The Kier molecular flexibility index (Phi) is 12.8. The summed E-state index contributed by atoms with van der Waals surface area (Å²) in [6.45, 7) is 9.33. The van der Waals surface area contributed by atoms with Gasteiger partial charge in [0.05, 0.1) is 16.1 Å². The van der Waals surface area contributed by atoms with E-state index < -0.39 is 12.1 Å². The number of nitrogens with zero attached hydrogens (tertiary/aromatic N) is 6. The molecule has 1 aliphatic heterocycles. The molecule has 61 heavy (non-hydrogen) atoms. The van der Waals surface area contributed by atoms with Crippen LogP contribution < -0.4 is 14.2 Å². The molecular weight excluding hydrogens is 815 g/mol. The highest BCUT2D eigenvalue weighted by Crippen LogP contribution is 2.49. The Labute approximate surface area is 362 Å². The average Bonchev–Trinajstić information content (AvgIpc) is 3.66. The second-order valence-electron chi connectivity index (χ2n) is 14.9. The minimum absolute atomic E-state index is 0.0372. The molecule has 1 saturated heterocycles. The van der Waals surface area contributed by atoms with Crippen LogP contribution in [0, 0.1) is 19.7 Å². The summed E-state index contributed by atoms with van der Waals surface area (Å²) < 4.78 is 33.1. The highest BCUT2D eigenvalue weighted by atomic mass is 35.5. The molecule has 0 radical (unpaired) electrons. The number of thiophene rings is 1. The van der Waals surface area contributed by atoms with Gasteiger partial charge in [-0.25, -0.2) is 29.1 Å². The number of aliphatic carboxylic acids is 1. The van der Waals surface area contributed by atoms with Gasteiger partial charge in [-0.15, -0.1) is 11.3 Å². The number of carbonyl (C=O) groups is 1. The van der Waals surface area contributed by atoms with Crippen molar-refractivity contribution in [1.29, 1.82) is 0 Å². The predicted octanol–water partition coefficient (Wildman–Crippen LogP) is 9.17. The lowest BCUT2D eigenvalue weighted by atomic mass is 9.96. The van der Waals surface area contributed by atoms with Gasteiger partial charge in [-0.1, -0.05) is 72.3 Å². The third-order valence-electron chi connectivity index (χ3n) is 10.8. The van der Waals surface area contributed by atoms with Crippen molar-refractivity contribution in [3.8, 4) is 50.3 Å². The summed E-state index contributed by atoms with van der Waals surface area (Å²) in [6, 6.07) is 26.9. The molecule has 8 rings (SSSR count). The van der Waals surface area contributed by atoms with Gasteiger partial charge in [-0.2, -0.15) is 0 Å². The van der Waals surface area contributed by atoms with Crippen molar-refractivity contribution in [3.05, 3.63) is 137 Å². The van der Waals surface area contributed by atoms with Crippen LogP contribution in [0.2, 0.25) is 5.02 Å². The Morgan fingerprint density at radius 1 is 0.885 bits per heavy atom. The van der Waals surface area contributed by atoms with E-state index in [4.69, 9.17) is 30.8 Å². The smallest absolute Gasteiger partial charge is 0.345 e. The first-order chi connectivity index (χ1) is 29.6. The van der Waals surface area contributed by atoms with Gasteiger partial charge in [0.1, 0.15) is 41.7 Å². The van der Waals surface area contributed by atoms with Crippen molar-refractivity contribution in [2.75, 3.05) is 46.4 Å². The zero-order valence-corrected chi connectivity index (χ0v) is 35.5. The molecule has 312 valence electrons. The number of para-hydroxylation sites is 1. The fourth-order valence-corrected chi connectivity index (χ4v) is 8.74. The van der Waals surface area contributed by atoms with E-state index in [1.54, 1.807) is 30.5 Å². The van der Waals surface area contributed by atoms with Crippen LogP contribution in [0.3, 0.4) is 0 Å². The SMILES string of the molecule is Cc1ccccc1-c1nccc(COc2ccccc2C[C@@H](Oc2ncnc3sc(-c4ccc(F)cc4)c(-c4ccc(OCCN5CCN(C)CC5)c(Cl)c4C)c23)C(=O)O)n1. The van der Waals surface area contributed by atoms with Crippen molar-refractivity contribution < 1.29 is 28.5 Å². The van der Waals surface area contributed by atoms with E-state index in [0.717, 1.165) is 65.4 Å². The highest BCUT2D eigenvalue weighted by molar-refractivity contribution is 7.22. The number of ether oxygens (including phenoxy) is 3. The number of halogens is 2. The second-order valence-corrected chi connectivity index (χ2v) is 16.3. The molecule has 1 aliphatic rings. The van der Waals surface area contributed by atoms with Gasteiger partial charge in [0.2, 0.25) is 12.0 Å². The summed E-state index contributed by atoms with van der Waals surface area (Å²) in [5.74, 6) is 0.177. The Morgan fingerprint density at radius 3 is 2.44 bits per heavy atom. The summed E-state index contributed by atoms with van der Waals surface area (Å²) >= 11 is 8.43. The number of hydrogen-bond donors (Lipinski definition) is 1. The summed E-state index contributed by atoms with van der Waals surface area (Å²) in [6.07, 6.45) is 1.65. The molecule has 1 fully saturated rings. The molecule has 4 heterocycles.